The molecular weight excluding hydrogens is 272 g/mol. The van der Waals surface area contributed by atoms with Gasteiger partial charge in [-0.3, -0.25) is 4.79 Å². The van der Waals surface area contributed by atoms with Crippen LogP contribution in [0.3, 0.4) is 0 Å². The Kier molecular flexibility index (Phi) is 5.03. The topological polar surface area (TPSA) is 90.6 Å². The molecule has 0 spiro atoms. The Balaban J connectivity index is 1.83. The van der Waals surface area contributed by atoms with Crippen molar-refractivity contribution in [3.63, 3.8) is 0 Å². The van der Waals surface area contributed by atoms with E-state index in [1.807, 2.05) is 0 Å². The second-order valence-corrected chi connectivity index (χ2v) is 5.08. The summed E-state index contributed by atoms with van der Waals surface area (Å²) in [6.07, 6.45) is 4.26. The van der Waals surface area contributed by atoms with E-state index in [-0.39, 0.29) is 18.6 Å². The molecular formula is C15H20N2O4. The maximum atomic E-state index is 11.8. The summed E-state index contributed by atoms with van der Waals surface area (Å²) >= 11 is 0. The lowest BCUT2D eigenvalue weighted by atomic mass is 10.2. The molecule has 0 saturated heterocycles. The normalized spacial score (nSPS) is 14.7. The van der Waals surface area contributed by atoms with Crippen LogP contribution in [-0.2, 0) is 9.53 Å². The molecule has 1 aromatic carbocycles. The molecule has 0 unspecified atom stereocenters. The standard InChI is InChI=1S/C15H20N2O4/c1-20-13-7-6-10(8-12(13)16)15(19)21-9-14(18)17-11-4-2-3-5-11/h6-8,11H,2-5,9,16H2,1H3,(H,17,18). The number of anilines is 1. The number of benzene rings is 1. The Morgan fingerprint density at radius 1 is 1.33 bits per heavy atom. The number of carbonyl (C=O) groups excluding carboxylic acids is 2. The number of esters is 1. The molecule has 1 aromatic rings. The highest BCUT2D eigenvalue weighted by Crippen LogP contribution is 2.22. The zero-order chi connectivity index (χ0) is 15.2. The molecule has 1 amide bonds. The van der Waals surface area contributed by atoms with E-state index in [4.69, 9.17) is 15.2 Å². The minimum Gasteiger partial charge on any atom is -0.495 e. The van der Waals surface area contributed by atoms with Gasteiger partial charge in [-0.05, 0) is 31.0 Å². The van der Waals surface area contributed by atoms with Crippen LogP contribution in [0.1, 0.15) is 36.0 Å². The van der Waals surface area contributed by atoms with Gasteiger partial charge >= 0.3 is 5.97 Å². The van der Waals surface area contributed by atoms with Gasteiger partial charge in [0, 0.05) is 6.04 Å². The van der Waals surface area contributed by atoms with E-state index >= 15 is 0 Å². The van der Waals surface area contributed by atoms with Crippen molar-refractivity contribution in [2.75, 3.05) is 19.5 Å². The van der Waals surface area contributed by atoms with Gasteiger partial charge in [0.05, 0.1) is 18.4 Å². The quantitative estimate of drug-likeness (QED) is 0.634. The first kappa shape index (κ1) is 15.2. The number of hydrogen-bond donors (Lipinski definition) is 2. The number of amides is 1. The zero-order valence-electron chi connectivity index (χ0n) is 12.1. The molecule has 0 atom stereocenters. The first-order chi connectivity index (χ1) is 10.1. The van der Waals surface area contributed by atoms with Crippen LogP contribution < -0.4 is 15.8 Å². The highest BCUT2D eigenvalue weighted by atomic mass is 16.5. The SMILES string of the molecule is COc1ccc(C(=O)OCC(=O)NC2CCCC2)cc1N. The number of nitrogen functional groups attached to an aromatic ring is 1. The fraction of sp³-hybridized carbons (Fsp3) is 0.467. The van der Waals surface area contributed by atoms with E-state index in [1.54, 1.807) is 12.1 Å². The van der Waals surface area contributed by atoms with Gasteiger partial charge in [0.15, 0.2) is 6.61 Å². The van der Waals surface area contributed by atoms with Crippen molar-refractivity contribution in [1.82, 2.24) is 5.32 Å². The molecule has 0 aromatic heterocycles. The fourth-order valence-electron chi connectivity index (χ4n) is 2.42. The van der Waals surface area contributed by atoms with E-state index in [0.29, 0.717) is 17.0 Å². The number of carbonyl (C=O) groups is 2. The Morgan fingerprint density at radius 3 is 2.67 bits per heavy atom. The van der Waals surface area contributed by atoms with Crippen molar-refractivity contribution < 1.29 is 19.1 Å². The first-order valence-corrected chi connectivity index (χ1v) is 7.00. The Hall–Kier alpha value is -2.24. The van der Waals surface area contributed by atoms with Crippen molar-refractivity contribution >= 4 is 17.6 Å². The van der Waals surface area contributed by atoms with E-state index in [9.17, 15) is 9.59 Å². The largest absolute Gasteiger partial charge is 0.495 e. The second-order valence-electron chi connectivity index (χ2n) is 5.08. The van der Waals surface area contributed by atoms with E-state index < -0.39 is 5.97 Å². The molecule has 6 heteroatoms. The van der Waals surface area contributed by atoms with Crippen molar-refractivity contribution in [2.24, 2.45) is 0 Å². The Morgan fingerprint density at radius 2 is 2.05 bits per heavy atom. The summed E-state index contributed by atoms with van der Waals surface area (Å²) in [5.74, 6) is -0.354. The van der Waals surface area contributed by atoms with Gasteiger partial charge in [0.1, 0.15) is 5.75 Å². The number of nitrogens with two attached hydrogens (primary N) is 1. The van der Waals surface area contributed by atoms with Gasteiger partial charge in [-0.1, -0.05) is 12.8 Å². The van der Waals surface area contributed by atoms with Gasteiger partial charge < -0.3 is 20.5 Å². The molecule has 2 rings (SSSR count). The van der Waals surface area contributed by atoms with Crippen LogP contribution >= 0.6 is 0 Å². The molecule has 1 fully saturated rings. The number of hydrogen-bond acceptors (Lipinski definition) is 5. The lowest BCUT2D eigenvalue weighted by molar-refractivity contribution is -0.124. The molecule has 1 saturated carbocycles. The molecule has 0 heterocycles. The van der Waals surface area contributed by atoms with Gasteiger partial charge in [-0.25, -0.2) is 4.79 Å². The van der Waals surface area contributed by atoms with Crippen LogP contribution in [0.15, 0.2) is 18.2 Å². The smallest absolute Gasteiger partial charge is 0.338 e. The van der Waals surface area contributed by atoms with Crippen molar-refractivity contribution in [2.45, 2.75) is 31.7 Å². The summed E-state index contributed by atoms with van der Waals surface area (Å²) in [5.41, 5.74) is 6.37. The highest BCUT2D eigenvalue weighted by molar-refractivity contribution is 5.92. The van der Waals surface area contributed by atoms with E-state index in [1.165, 1.54) is 13.2 Å². The zero-order valence-corrected chi connectivity index (χ0v) is 12.1. The molecule has 0 radical (unpaired) electrons. The summed E-state index contributed by atoms with van der Waals surface area (Å²) in [6, 6.07) is 4.82. The number of nitrogens with one attached hydrogen (secondary N) is 1. The molecule has 3 N–H and O–H groups in total. The summed E-state index contributed by atoms with van der Waals surface area (Å²) in [5, 5.41) is 2.85. The Bertz CT molecular complexity index is 524. The first-order valence-electron chi connectivity index (χ1n) is 7.00. The van der Waals surface area contributed by atoms with Gasteiger partial charge in [0.25, 0.3) is 5.91 Å². The average molecular weight is 292 g/mol. The third-order valence-corrected chi connectivity index (χ3v) is 3.52. The predicted octanol–water partition coefficient (Wildman–Crippen LogP) is 1.49. The molecule has 21 heavy (non-hydrogen) atoms. The van der Waals surface area contributed by atoms with Gasteiger partial charge in [0.2, 0.25) is 0 Å². The van der Waals surface area contributed by atoms with Crippen LogP contribution in [0.4, 0.5) is 5.69 Å². The molecule has 1 aliphatic carbocycles. The van der Waals surface area contributed by atoms with Crippen LogP contribution in [0.2, 0.25) is 0 Å². The van der Waals surface area contributed by atoms with Gasteiger partial charge in [-0.15, -0.1) is 0 Å². The second kappa shape index (κ2) is 6.97. The maximum Gasteiger partial charge on any atom is 0.338 e. The minimum atomic E-state index is -0.578. The third-order valence-electron chi connectivity index (χ3n) is 3.52. The van der Waals surface area contributed by atoms with Crippen LogP contribution in [0.5, 0.6) is 5.75 Å². The molecule has 1 aliphatic rings. The van der Waals surface area contributed by atoms with Crippen molar-refractivity contribution in [1.29, 1.82) is 0 Å². The molecule has 0 aliphatic heterocycles. The summed E-state index contributed by atoms with van der Waals surface area (Å²) in [6.45, 7) is -0.277. The van der Waals surface area contributed by atoms with E-state index in [2.05, 4.69) is 5.32 Å². The minimum absolute atomic E-state index is 0.216. The summed E-state index contributed by atoms with van der Waals surface area (Å²) in [4.78, 5) is 23.5. The lowest BCUT2D eigenvalue weighted by Crippen LogP contribution is -2.35. The van der Waals surface area contributed by atoms with Crippen LogP contribution in [0.25, 0.3) is 0 Å². The van der Waals surface area contributed by atoms with E-state index in [0.717, 1.165) is 25.7 Å². The van der Waals surface area contributed by atoms with Gasteiger partial charge in [-0.2, -0.15) is 0 Å². The van der Waals surface area contributed by atoms with Crippen LogP contribution in [0, 0.1) is 0 Å². The van der Waals surface area contributed by atoms with Crippen molar-refractivity contribution in [3.05, 3.63) is 23.8 Å². The molecule has 6 nitrogen and oxygen atoms in total. The lowest BCUT2D eigenvalue weighted by Gasteiger charge is -2.12. The fourth-order valence-corrected chi connectivity index (χ4v) is 2.42. The highest BCUT2D eigenvalue weighted by Gasteiger charge is 2.18. The Labute approximate surface area is 123 Å². The number of rotatable bonds is 5. The average Bonchev–Trinajstić information content (AvgIpc) is 2.97. The van der Waals surface area contributed by atoms with Crippen molar-refractivity contribution in [3.8, 4) is 5.75 Å². The summed E-state index contributed by atoms with van der Waals surface area (Å²) in [7, 11) is 1.50. The molecule has 0 bridgehead atoms. The predicted molar refractivity (Wildman–Crippen MR) is 78.1 cm³/mol. The number of methoxy groups -OCH3 is 1. The third kappa shape index (κ3) is 4.11. The number of ether oxygens (including phenoxy) is 2. The summed E-state index contributed by atoms with van der Waals surface area (Å²) < 4.78 is 9.99. The monoisotopic (exact) mass is 292 g/mol. The molecule has 114 valence electrons. The maximum absolute atomic E-state index is 11.8. The van der Waals surface area contributed by atoms with Crippen LogP contribution in [-0.4, -0.2) is 31.6 Å².